The first-order chi connectivity index (χ1) is 13.7. The second-order valence-corrected chi connectivity index (χ2v) is 7.86. The van der Waals surface area contributed by atoms with Crippen molar-refractivity contribution in [3.8, 4) is 5.75 Å². The summed E-state index contributed by atoms with van der Waals surface area (Å²) in [4.78, 5) is 23.6. The fraction of sp³-hybridized carbons (Fsp3) is 0.550. The van der Waals surface area contributed by atoms with E-state index in [9.17, 15) is 4.79 Å². The lowest BCUT2D eigenvalue weighted by atomic mass is 9.84. The van der Waals surface area contributed by atoms with E-state index in [1.165, 1.54) is 38.8 Å². The Labute approximate surface area is 163 Å². The van der Waals surface area contributed by atoms with Crippen LogP contribution in [0.4, 0.5) is 0 Å². The van der Waals surface area contributed by atoms with E-state index in [0.717, 1.165) is 29.8 Å². The van der Waals surface area contributed by atoms with Crippen molar-refractivity contribution < 1.29 is 19.4 Å². The van der Waals surface area contributed by atoms with Crippen LogP contribution in [0.3, 0.4) is 0 Å². The van der Waals surface area contributed by atoms with Crippen LogP contribution in [0.1, 0.15) is 36.2 Å². The molecule has 1 aliphatic carbocycles. The van der Waals surface area contributed by atoms with E-state index in [0.29, 0.717) is 17.5 Å². The minimum absolute atomic E-state index is 0.0793. The monoisotopic (exact) mass is 386 g/mol. The first kappa shape index (κ1) is 18.7. The van der Waals surface area contributed by atoms with E-state index < -0.39 is 0 Å². The van der Waals surface area contributed by atoms with Gasteiger partial charge in [0.25, 0.3) is 12.4 Å². The van der Waals surface area contributed by atoms with Gasteiger partial charge in [0.15, 0.2) is 5.69 Å². The molecule has 3 aliphatic heterocycles. The summed E-state index contributed by atoms with van der Waals surface area (Å²) in [6.45, 7) is 3.83. The van der Waals surface area contributed by atoms with E-state index in [-0.39, 0.29) is 18.4 Å². The summed E-state index contributed by atoms with van der Waals surface area (Å²) in [5, 5.41) is 18.2. The largest absolute Gasteiger partial charge is 0.493 e. The lowest BCUT2D eigenvalue weighted by Gasteiger charge is -2.44. The molecule has 2 bridgehead atoms. The third kappa shape index (κ3) is 4.11. The molecule has 0 spiro atoms. The number of nitrogens with one attached hydrogen (secondary N) is 2. The number of carbonyl (C=O) groups is 2. The number of ether oxygens (including phenoxy) is 1. The number of benzene rings is 1. The van der Waals surface area contributed by atoms with Gasteiger partial charge in [0.2, 0.25) is 0 Å². The molecule has 1 atom stereocenters. The van der Waals surface area contributed by atoms with Crippen LogP contribution >= 0.6 is 0 Å². The number of carboxylic acid groups (broad SMARTS) is 1. The topological polar surface area (TPSA) is 108 Å². The molecule has 150 valence electrons. The Morgan fingerprint density at radius 1 is 1.32 bits per heavy atom. The number of piperidine rings is 3. The fourth-order valence-corrected chi connectivity index (χ4v) is 4.12. The molecule has 1 saturated carbocycles. The normalized spacial score (nSPS) is 25.6. The van der Waals surface area contributed by atoms with Gasteiger partial charge in [-0.3, -0.25) is 14.7 Å². The van der Waals surface area contributed by atoms with Gasteiger partial charge in [0.05, 0.1) is 12.1 Å². The molecule has 1 aromatic heterocycles. The summed E-state index contributed by atoms with van der Waals surface area (Å²) in [5.74, 6) is 2.05. The molecule has 4 heterocycles. The molecule has 4 aliphatic rings. The smallest absolute Gasteiger partial charge is 0.290 e. The van der Waals surface area contributed by atoms with Crippen LogP contribution in [0.25, 0.3) is 10.9 Å². The summed E-state index contributed by atoms with van der Waals surface area (Å²) in [7, 11) is 0. The Kier molecular flexibility index (Phi) is 5.47. The lowest BCUT2D eigenvalue weighted by Crippen LogP contribution is -2.57. The third-order valence-electron chi connectivity index (χ3n) is 5.90. The van der Waals surface area contributed by atoms with E-state index in [1.54, 1.807) is 0 Å². The predicted molar refractivity (Wildman–Crippen MR) is 103 cm³/mol. The van der Waals surface area contributed by atoms with Crippen LogP contribution in [-0.2, 0) is 4.79 Å². The number of aromatic nitrogens is 2. The van der Waals surface area contributed by atoms with Crippen molar-refractivity contribution in [2.24, 2.45) is 11.8 Å². The Morgan fingerprint density at radius 2 is 2.07 bits per heavy atom. The molecular weight excluding hydrogens is 360 g/mol. The summed E-state index contributed by atoms with van der Waals surface area (Å²) < 4.78 is 5.85. The van der Waals surface area contributed by atoms with Gasteiger partial charge in [0, 0.05) is 18.0 Å². The van der Waals surface area contributed by atoms with Crippen molar-refractivity contribution in [1.29, 1.82) is 0 Å². The molecule has 1 amide bonds. The van der Waals surface area contributed by atoms with Crippen molar-refractivity contribution in [2.45, 2.75) is 31.7 Å². The average Bonchev–Trinajstić information content (AvgIpc) is 3.45. The van der Waals surface area contributed by atoms with E-state index in [2.05, 4.69) is 20.4 Å². The molecule has 3 saturated heterocycles. The van der Waals surface area contributed by atoms with Gasteiger partial charge in [-0.1, -0.05) is 0 Å². The van der Waals surface area contributed by atoms with Crippen molar-refractivity contribution in [3.05, 3.63) is 23.9 Å². The number of aromatic amines is 1. The van der Waals surface area contributed by atoms with Gasteiger partial charge in [-0.25, -0.2) is 0 Å². The molecule has 8 nitrogen and oxygen atoms in total. The van der Waals surface area contributed by atoms with E-state index in [4.69, 9.17) is 14.6 Å². The summed E-state index contributed by atoms with van der Waals surface area (Å²) in [5.41, 5.74) is 1.35. The SMILES string of the molecule is O=C(N[C@@H]1CN2CCC1CC2)c1n[nH]c2ccc(OCC3CC3)cc12.O=CO. The van der Waals surface area contributed by atoms with Crippen LogP contribution in [0.5, 0.6) is 5.75 Å². The Hall–Kier alpha value is -2.61. The number of hydrogen-bond acceptors (Lipinski definition) is 5. The molecule has 6 rings (SSSR count). The zero-order valence-corrected chi connectivity index (χ0v) is 15.8. The number of nitrogens with zero attached hydrogens (tertiary/aromatic N) is 2. The molecular formula is C20H26N4O4. The second-order valence-electron chi connectivity index (χ2n) is 7.86. The second kappa shape index (κ2) is 8.18. The summed E-state index contributed by atoms with van der Waals surface area (Å²) in [6, 6.07) is 6.07. The van der Waals surface area contributed by atoms with Crippen LogP contribution < -0.4 is 10.1 Å². The van der Waals surface area contributed by atoms with Crippen molar-refractivity contribution >= 4 is 23.3 Å². The summed E-state index contributed by atoms with van der Waals surface area (Å²) in [6.07, 6.45) is 4.90. The van der Waals surface area contributed by atoms with Crippen LogP contribution in [0.2, 0.25) is 0 Å². The van der Waals surface area contributed by atoms with Crippen LogP contribution in [0, 0.1) is 11.8 Å². The molecule has 0 radical (unpaired) electrons. The van der Waals surface area contributed by atoms with Gasteiger partial charge in [0.1, 0.15) is 5.75 Å². The predicted octanol–water partition coefficient (Wildman–Crippen LogP) is 1.88. The number of H-pyrrole nitrogens is 1. The van der Waals surface area contributed by atoms with Crippen molar-refractivity contribution in [1.82, 2.24) is 20.4 Å². The minimum atomic E-state index is -0.250. The maximum Gasteiger partial charge on any atom is 0.290 e. The van der Waals surface area contributed by atoms with Gasteiger partial charge < -0.3 is 20.1 Å². The number of rotatable bonds is 5. The Morgan fingerprint density at radius 3 is 2.71 bits per heavy atom. The van der Waals surface area contributed by atoms with Crippen molar-refractivity contribution in [2.75, 3.05) is 26.2 Å². The number of hydrogen-bond donors (Lipinski definition) is 3. The van der Waals surface area contributed by atoms with Gasteiger partial charge in [-0.2, -0.15) is 5.10 Å². The molecule has 4 fully saturated rings. The highest BCUT2D eigenvalue weighted by atomic mass is 16.5. The van der Waals surface area contributed by atoms with Crippen LogP contribution in [0.15, 0.2) is 18.2 Å². The van der Waals surface area contributed by atoms with Gasteiger partial charge in [-0.15, -0.1) is 0 Å². The standard InChI is InChI=1S/C19H24N4O2.CH2O2/c24-19(20-17-10-23-7-5-13(17)6-8-23)18-15-9-14(25-11-12-1-2-12)3-4-16(15)21-22-18;2-1-3/h3-4,9,12-13,17H,1-2,5-8,10-11H2,(H,20,24)(H,21,22);1H,(H,2,3)/t17-;/m1./s1. The third-order valence-corrected chi connectivity index (χ3v) is 5.90. The Bertz CT molecular complexity index is 840. The van der Waals surface area contributed by atoms with Crippen molar-refractivity contribution in [3.63, 3.8) is 0 Å². The molecule has 3 N–H and O–H groups in total. The zero-order chi connectivity index (χ0) is 19.5. The quantitative estimate of drug-likeness (QED) is 0.677. The highest BCUT2D eigenvalue weighted by Crippen LogP contribution is 2.31. The molecule has 8 heteroatoms. The highest BCUT2D eigenvalue weighted by molar-refractivity contribution is 6.05. The first-order valence-electron chi connectivity index (χ1n) is 9.90. The number of carbonyl (C=O) groups excluding carboxylic acids is 1. The number of fused-ring (bicyclic) bond motifs is 4. The summed E-state index contributed by atoms with van der Waals surface area (Å²) >= 11 is 0. The fourth-order valence-electron chi connectivity index (χ4n) is 4.12. The van der Waals surface area contributed by atoms with Crippen LogP contribution in [-0.4, -0.2) is 64.9 Å². The van der Waals surface area contributed by atoms with E-state index in [1.807, 2.05) is 18.2 Å². The minimum Gasteiger partial charge on any atom is -0.493 e. The lowest BCUT2D eigenvalue weighted by molar-refractivity contribution is -0.122. The maximum absolute atomic E-state index is 12.8. The first-order valence-corrected chi connectivity index (χ1v) is 9.90. The average molecular weight is 386 g/mol. The molecule has 28 heavy (non-hydrogen) atoms. The zero-order valence-electron chi connectivity index (χ0n) is 15.8. The highest BCUT2D eigenvalue weighted by Gasteiger charge is 2.35. The molecule has 0 unspecified atom stereocenters. The maximum atomic E-state index is 12.8. The Balaban J connectivity index is 0.000000604. The van der Waals surface area contributed by atoms with Gasteiger partial charge >= 0.3 is 0 Å². The van der Waals surface area contributed by atoms with Gasteiger partial charge in [-0.05, 0) is 68.8 Å². The molecule has 2 aromatic rings. The molecule has 1 aromatic carbocycles. The van der Waals surface area contributed by atoms with E-state index >= 15 is 0 Å². The number of amides is 1.